The molecule has 0 bridgehead atoms. The van der Waals surface area contributed by atoms with Crippen LogP contribution < -0.4 is 15.7 Å². The van der Waals surface area contributed by atoms with E-state index in [4.69, 9.17) is 13.9 Å². The molecule has 0 saturated carbocycles. The van der Waals surface area contributed by atoms with Crippen LogP contribution in [0.15, 0.2) is 27.4 Å². The van der Waals surface area contributed by atoms with Crippen molar-refractivity contribution in [1.29, 1.82) is 0 Å². The maximum absolute atomic E-state index is 11.8. The molecule has 3 rings (SSSR count). The van der Waals surface area contributed by atoms with Crippen molar-refractivity contribution in [3.8, 4) is 5.75 Å². The van der Waals surface area contributed by atoms with E-state index in [-0.39, 0.29) is 18.0 Å². The highest BCUT2D eigenvalue weighted by atomic mass is 35.5. The third kappa shape index (κ3) is 4.97. The van der Waals surface area contributed by atoms with Gasteiger partial charge in [0.1, 0.15) is 11.3 Å². The molecule has 0 radical (unpaired) electrons. The van der Waals surface area contributed by atoms with Gasteiger partial charge in [-0.2, -0.15) is 0 Å². The van der Waals surface area contributed by atoms with Gasteiger partial charge in [0.2, 0.25) is 0 Å². The van der Waals surface area contributed by atoms with Gasteiger partial charge in [-0.25, -0.2) is 4.79 Å². The Hall–Kier alpha value is -1.56. The highest BCUT2D eigenvalue weighted by molar-refractivity contribution is 5.87. The molecule has 6 heteroatoms. The summed E-state index contributed by atoms with van der Waals surface area (Å²) >= 11 is 0. The Kier molecular flexibility index (Phi) is 7.29. The van der Waals surface area contributed by atoms with Gasteiger partial charge in [-0.1, -0.05) is 13.3 Å². The van der Waals surface area contributed by atoms with E-state index in [1.54, 1.807) is 6.07 Å². The Balaban J connectivity index is 0.00000225. The molecule has 1 aromatic heterocycles. The zero-order valence-electron chi connectivity index (χ0n) is 14.8. The molecule has 25 heavy (non-hydrogen) atoms. The van der Waals surface area contributed by atoms with Crippen LogP contribution in [0.5, 0.6) is 5.75 Å². The number of nitrogens with one attached hydrogen (secondary N) is 1. The Bertz CT molecular complexity index is 751. The normalized spacial score (nSPS) is 17.8. The van der Waals surface area contributed by atoms with Crippen molar-refractivity contribution >= 4 is 23.4 Å². The number of aryl methyl sites for hydroxylation is 2. The lowest BCUT2D eigenvalue weighted by Crippen LogP contribution is -2.27. The van der Waals surface area contributed by atoms with Crippen LogP contribution in [0, 0.1) is 12.8 Å². The molecule has 1 saturated heterocycles. The van der Waals surface area contributed by atoms with Crippen LogP contribution in [0.25, 0.3) is 11.0 Å². The Labute approximate surface area is 154 Å². The molecule has 0 aliphatic carbocycles. The fraction of sp³-hybridized carbons (Fsp3) is 0.526. The highest BCUT2D eigenvalue weighted by Gasteiger charge is 2.16. The van der Waals surface area contributed by atoms with Crippen LogP contribution in [0.1, 0.15) is 24.5 Å². The summed E-state index contributed by atoms with van der Waals surface area (Å²) in [6.07, 6.45) is 1.79. The maximum Gasteiger partial charge on any atom is 0.336 e. The van der Waals surface area contributed by atoms with Crippen molar-refractivity contribution < 1.29 is 13.9 Å². The van der Waals surface area contributed by atoms with E-state index in [1.807, 2.05) is 19.1 Å². The molecule has 1 N–H and O–H groups in total. The summed E-state index contributed by atoms with van der Waals surface area (Å²) in [5, 5.41) is 4.28. The van der Waals surface area contributed by atoms with E-state index >= 15 is 0 Å². The summed E-state index contributed by atoms with van der Waals surface area (Å²) in [4.78, 5) is 11.8. The number of hydrogen-bond donors (Lipinski definition) is 1. The van der Waals surface area contributed by atoms with Crippen LogP contribution in [0.3, 0.4) is 0 Å². The first-order valence-corrected chi connectivity index (χ1v) is 8.66. The number of halogens is 1. The van der Waals surface area contributed by atoms with Crippen LogP contribution in [-0.4, -0.2) is 32.9 Å². The van der Waals surface area contributed by atoms with Gasteiger partial charge >= 0.3 is 5.63 Å². The monoisotopic (exact) mass is 367 g/mol. The third-order valence-electron chi connectivity index (χ3n) is 4.24. The van der Waals surface area contributed by atoms with Crippen LogP contribution in [0.4, 0.5) is 0 Å². The maximum atomic E-state index is 11.8. The molecule has 0 spiro atoms. The average molecular weight is 368 g/mol. The van der Waals surface area contributed by atoms with Gasteiger partial charge in [0, 0.05) is 25.1 Å². The summed E-state index contributed by atoms with van der Waals surface area (Å²) in [6.45, 7) is 7.88. The van der Waals surface area contributed by atoms with Crippen molar-refractivity contribution in [3.05, 3.63) is 39.7 Å². The van der Waals surface area contributed by atoms with Crippen molar-refractivity contribution in [2.45, 2.75) is 26.7 Å². The molecule has 2 heterocycles. The minimum Gasteiger partial charge on any atom is -0.492 e. The van der Waals surface area contributed by atoms with Gasteiger partial charge in [0.15, 0.2) is 0 Å². The fourth-order valence-corrected chi connectivity index (χ4v) is 3.12. The van der Waals surface area contributed by atoms with Gasteiger partial charge < -0.3 is 19.2 Å². The van der Waals surface area contributed by atoms with Crippen molar-refractivity contribution in [2.75, 3.05) is 32.9 Å². The van der Waals surface area contributed by atoms with E-state index in [9.17, 15) is 4.79 Å². The van der Waals surface area contributed by atoms with Gasteiger partial charge in [-0.05, 0) is 36.6 Å². The second-order valence-electron chi connectivity index (χ2n) is 6.43. The second-order valence-corrected chi connectivity index (χ2v) is 6.43. The molecular formula is C19H26ClNO4. The van der Waals surface area contributed by atoms with E-state index < -0.39 is 0 Å². The molecule has 1 aromatic carbocycles. The first kappa shape index (κ1) is 19.8. The Morgan fingerprint density at radius 2 is 2.16 bits per heavy atom. The minimum atomic E-state index is -0.302. The molecule has 138 valence electrons. The summed E-state index contributed by atoms with van der Waals surface area (Å²) in [5.41, 5.74) is 2.32. The highest BCUT2D eigenvalue weighted by Crippen LogP contribution is 2.31. The lowest BCUT2D eigenvalue weighted by molar-refractivity contribution is 0.102. The first-order chi connectivity index (χ1) is 11.7. The van der Waals surface area contributed by atoms with Crippen LogP contribution >= 0.6 is 12.4 Å². The summed E-state index contributed by atoms with van der Waals surface area (Å²) in [7, 11) is 0. The molecule has 5 nitrogen and oxygen atoms in total. The molecular weight excluding hydrogens is 342 g/mol. The summed E-state index contributed by atoms with van der Waals surface area (Å²) in [5.74, 6) is 1.11. The van der Waals surface area contributed by atoms with E-state index in [0.29, 0.717) is 24.7 Å². The van der Waals surface area contributed by atoms with Crippen LogP contribution in [0.2, 0.25) is 0 Å². The molecule has 1 aliphatic rings. The number of fused-ring (bicyclic) bond motifs is 1. The van der Waals surface area contributed by atoms with Crippen molar-refractivity contribution in [2.24, 2.45) is 5.92 Å². The molecule has 2 aromatic rings. The predicted molar refractivity (Wildman–Crippen MR) is 101 cm³/mol. The largest absolute Gasteiger partial charge is 0.492 e. The van der Waals surface area contributed by atoms with Crippen molar-refractivity contribution in [3.63, 3.8) is 0 Å². The smallest absolute Gasteiger partial charge is 0.336 e. The second kappa shape index (κ2) is 9.22. The number of rotatable bonds is 5. The Morgan fingerprint density at radius 1 is 1.32 bits per heavy atom. The first-order valence-electron chi connectivity index (χ1n) is 8.66. The average Bonchev–Trinajstić information content (AvgIpc) is 2.80. The van der Waals surface area contributed by atoms with E-state index in [2.05, 4.69) is 12.2 Å². The fourth-order valence-electron chi connectivity index (χ4n) is 3.12. The third-order valence-corrected chi connectivity index (χ3v) is 4.24. The van der Waals surface area contributed by atoms with Gasteiger partial charge in [0.05, 0.1) is 25.2 Å². The van der Waals surface area contributed by atoms with Crippen LogP contribution in [-0.2, 0) is 11.2 Å². The zero-order chi connectivity index (χ0) is 16.9. The summed E-state index contributed by atoms with van der Waals surface area (Å²) < 4.78 is 17.1. The van der Waals surface area contributed by atoms with Gasteiger partial charge in [-0.3, -0.25) is 0 Å². The topological polar surface area (TPSA) is 60.7 Å². The standard InChI is InChI=1S/C19H25NO4.ClH/c1-3-4-15-9-18(21)24-17-8-13(2)7-16(19(15)17)23-12-14-10-20-5-6-22-11-14;/h7-9,14,20H,3-6,10-12H2,1-2H3;1H. The molecule has 1 fully saturated rings. The number of hydrogen-bond acceptors (Lipinski definition) is 5. The number of benzene rings is 1. The number of ether oxygens (including phenoxy) is 2. The molecule has 1 atom stereocenters. The summed E-state index contributed by atoms with van der Waals surface area (Å²) in [6, 6.07) is 5.51. The quantitative estimate of drug-likeness (QED) is 0.823. The lowest BCUT2D eigenvalue weighted by Gasteiger charge is -2.17. The molecule has 1 unspecified atom stereocenters. The van der Waals surface area contributed by atoms with Crippen molar-refractivity contribution in [1.82, 2.24) is 5.32 Å². The van der Waals surface area contributed by atoms with E-state index in [1.165, 1.54) is 0 Å². The van der Waals surface area contributed by atoms with E-state index in [0.717, 1.165) is 54.8 Å². The Morgan fingerprint density at radius 3 is 2.96 bits per heavy atom. The predicted octanol–water partition coefficient (Wildman–Crippen LogP) is 3.09. The molecule has 0 amide bonds. The van der Waals surface area contributed by atoms with Gasteiger partial charge in [-0.15, -0.1) is 12.4 Å². The zero-order valence-corrected chi connectivity index (χ0v) is 15.6. The lowest BCUT2D eigenvalue weighted by atomic mass is 10.0. The van der Waals surface area contributed by atoms with Gasteiger partial charge in [0.25, 0.3) is 0 Å². The minimum absolute atomic E-state index is 0. The molecule has 1 aliphatic heterocycles. The SMILES string of the molecule is CCCc1cc(=O)oc2cc(C)cc(OCC3CNCCOC3)c12.Cl.